The first-order valence-electron chi connectivity index (χ1n) is 6.23. The number of nitrogens with one attached hydrogen (secondary N) is 2. The average Bonchev–Trinajstić information content (AvgIpc) is 2.53. The molecule has 6 heteroatoms. The molecule has 0 atom stereocenters. The highest BCUT2D eigenvalue weighted by Crippen LogP contribution is 2.15. The summed E-state index contributed by atoms with van der Waals surface area (Å²) in [6, 6.07) is 16.1. The molecule has 21 heavy (non-hydrogen) atoms. The van der Waals surface area contributed by atoms with Crippen LogP contribution in [0.3, 0.4) is 0 Å². The van der Waals surface area contributed by atoms with Gasteiger partial charge < -0.3 is 4.84 Å². The number of carbonyl (C=O) groups is 1. The van der Waals surface area contributed by atoms with Gasteiger partial charge in [0, 0.05) is 4.47 Å². The molecule has 5 nitrogen and oxygen atoms in total. The Hall–Kier alpha value is -2.34. The van der Waals surface area contributed by atoms with E-state index in [1.54, 1.807) is 12.1 Å². The Morgan fingerprint density at radius 2 is 1.76 bits per heavy atom. The summed E-state index contributed by atoms with van der Waals surface area (Å²) in [4.78, 5) is 16.7. The van der Waals surface area contributed by atoms with Crippen LogP contribution < -0.4 is 15.7 Å². The van der Waals surface area contributed by atoms with Crippen molar-refractivity contribution in [2.75, 3.05) is 0 Å². The van der Waals surface area contributed by atoms with Gasteiger partial charge in [-0.3, -0.25) is 0 Å². The molecule has 0 unspecified atom stereocenters. The summed E-state index contributed by atoms with van der Waals surface area (Å²) in [6.45, 7) is 1.81. The fourth-order valence-corrected chi connectivity index (χ4v) is 1.77. The van der Waals surface area contributed by atoms with Gasteiger partial charge in [0.05, 0.1) is 5.71 Å². The van der Waals surface area contributed by atoms with Gasteiger partial charge >= 0.3 is 6.03 Å². The maximum absolute atomic E-state index is 11.6. The van der Waals surface area contributed by atoms with Gasteiger partial charge in [-0.1, -0.05) is 46.3 Å². The lowest BCUT2D eigenvalue weighted by Crippen LogP contribution is -2.35. The highest BCUT2D eigenvalue weighted by molar-refractivity contribution is 9.10. The molecule has 2 aromatic carbocycles. The maximum atomic E-state index is 11.6. The first-order valence-corrected chi connectivity index (χ1v) is 7.02. The van der Waals surface area contributed by atoms with Gasteiger partial charge in [0.25, 0.3) is 0 Å². The van der Waals surface area contributed by atoms with E-state index >= 15 is 0 Å². The van der Waals surface area contributed by atoms with Crippen LogP contribution in [0.25, 0.3) is 0 Å². The zero-order valence-electron chi connectivity index (χ0n) is 11.3. The van der Waals surface area contributed by atoms with Crippen LogP contribution in [0.15, 0.2) is 64.2 Å². The zero-order chi connectivity index (χ0) is 15.1. The predicted molar refractivity (Wildman–Crippen MR) is 85.1 cm³/mol. The number of amides is 2. The van der Waals surface area contributed by atoms with Crippen LogP contribution in [0, 0.1) is 0 Å². The van der Waals surface area contributed by atoms with Crippen molar-refractivity contribution in [3.05, 3.63) is 64.6 Å². The molecule has 2 amide bonds. The van der Waals surface area contributed by atoms with Crippen LogP contribution in [0.4, 0.5) is 4.79 Å². The second-order valence-corrected chi connectivity index (χ2v) is 5.08. The molecule has 2 N–H and O–H groups in total. The Kier molecular flexibility index (Phi) is 5.34. The third-order valence-electron chi connectivity index (χ3n) is 2.59. The summed E-state index contributed by atoms with van der Waals surface area (Å²) in [6.07, 6.45) is 0. The summed E-state index contributed by atoms with van der Waals surface area (Å²) < 4.78 is 0.933. The van der Waals surface area contributed by atoms with Crippen LogP contribution in [-0.4, -0.2) is 11.7 Å². The molecule has 0 bridgehead atoms. The monoisotopic (exact) mass is 347 g/mol. The Morgan fingerprint density at radius 1 is 1.10 bits per heavy atom. The van der Waals surface area contributed by atoms with E-state index in [2.05, 4.69) is 31.9 Å². The van der Waals surface area contributed by atoms with E-state index < -0.39 is 6.03 Å². The van der Waals surface area contributed by atoms with E-state index in [4.69, 9.17) is 4.84 Å². The smallest absolute Gasteiger partial charge is 0.368 e. The van der Waals surface area contributed by atoms with E-state index in [9.17, 15) is 4.79 Å². The van der Waals surface area contributed by atoms with Crippen LogP contribution in [0.1, 0.15) is 12.5 Å². The van der Waals surface area contributed by atoms with Crippen molar-refractivity contribution in [3.8, 4) is 5.75 Å². The molecule has 0 radical (unpaired) electrons. The SMILES string of the molecule is CC(=NNC(=O)NOc1ccc(Br)cc1)c1ccccc1. The van der Waals surface area contributed by atoms with E-state index in [1.165, 1.54) is 0 Å². The van der Waals surface area contributed by atoms with Crippen LogP contribution >= 0.6 is 15.9 Å². The van der Waals surface area contributed by atoms with Crippen molar-refractivity contribution >= 4 is 27.7 Å². The second-order valence-electron chi connectivity index (χ2n) is 4.16. The van der Waals surface area contributed by atoms with Crippen molar-refractivity contribution < 1.29 is 9.63 Å². The Labute approximate surface area is 131 Å². The Morgan fingerprint density at radius 3 is 2.43 bits per heavy atom. The predicted octanol–water partition coefficient (Wildman–Crippen LogP) is 3.47. The molecular formula is C15H14BrN3O2. The minimum absolute atomic E-state index is 0.525. The lowest BCUT2D eigenvalue weighted by Gasteiger charge is -2.07. The number of hydrazone groups is 1. The molecule has 2 rings (SSSR count). The molecule has 0 saturated heterocycles. The largest absolute Gasteiger partial charge is 0.378 e. The second kappa shape index (κ2) is 7.44. The van der Waals surface area contributed by atoms with Gasteiger partial charge in [0.1, 0.15) is 0 Å². The van der Waals surface area contributed by atoms with Gasteiger partial charge in [-0.25, -0.2) is 10.2 Å². The van der Waals surface area contributed by atoms with Crippen LogP contribution in [-0.2, 0) is 0 Å². The fourth-order valence-electron chi connectivity index (χ4n) is 1.51. The molecular weight excluding hydrogens is 334 g/mol. The summed E-state index contributed by atoms with van der Waals surface area (Å²) in [7, 11) is 0. The van der Waals surface area contributed by atoms with Gasteiger partial charge in [0.15, 0.2) is 5.75 Å². The standard InChI is InChI=1S/C15H14BrN3O2/c1-11(12-5-3-2-4-6-12)17-18-15(20)19-21-14-9-7-13(16)8-10-14/h2-10H,1H3,(H2,18,19,20). The van der Waals surface area contributed by atoms with E-state index in [-0.39, 0.29) is 0 Å². The van der Waals surface area contributed by atoms with Crippen molar-refractivity contribution in [2.24, 2.45) is 5.10 Å². The van der Waals surface area contributed by atoms with Gasteiger partial charge in [-0.2, -0.15) is 10.6 Å². The maximum Gasteiger partial charge on any atom is 0.368 e. The van der Waals surface area contributed by atoms with Crippen molar-refractivity contribution in [1.29, 1.82) is 0 Å². The minimum Gasteiger partial charge on any atom is -0.378 e. The number of nitrogens with zero attached hydrogens (tertiary/aromatic N) is 1. The zero-order valence-corrected chi connectivity index (χ0v) is 12.9. The summed E-state index contributed by atoms with van der Waals surface area (Å²) in [5, 5.41) is 3.99. The fraction of sp³-hybridized carbons (Fsp3) is 0.0667. The number of hydrogen-bond donors (Lipinski definition) is 2. The summed E-state index contributed by atoms with van der Waals surface area (Å²) in [5.74, 6) is 0.525. The molecule has 0 spiro atoms. The van der Waals surface area contributed by atoms with Crippen molar-refractivity contribution in [3.63, 3.8) is 0 Å². The molecule has 108 valence electrons. The lowest BCUT2D eigenvalue weighted by atomic mass is 10.1. The molecule has 0 saturated carbocycles. The van der Waals surface area contributed by atoms with Crippen molar-refractivity contribution in [1.82, 2.24) is 10.9 Å². The third-order valence-corrected chi connectivity index (χ3v) is 3.12. The van der Waals surface area contributed by atoms with Crippen LogP contribution in [0.5, 0.6) is 5.75 Å². The highest BCUT2D eigenvalue weighted by Gasteiger charge is 2.01. The van der Waals surface area contributed by atoms with Crippen molar-refractivity contribution in [2.45, 2.75) is 6.92 Å². The Bertz CT molecular complexity index is 627. The molecule has 0 aliphatic rings. The topological polar surface area (TPSA) is 62.7 Å². The first-order chi connectivity index (χ1) is 10.1. The third kappa shape index (κ3) is 4.92. The number of urea groups is 1. The summed E-state index contributed by atoms with van der Waals surface area (Å²) >= 11 is 3.32. The van der Waals surface area contributed by atoms with Crippen LogP contribution in [0.2, 0.25) is 0 Å². The van der Waals surface area contributed by atoms with Gasteiger partial charge in [-0.05, 0) is 36.8 Å². The highest BCUT2D eigenvalue weighted by atomic mass is 79.9. The number of hydroxylamine groups is 1. The summed E-state index contributed by atoms with van der Waals surface area (Å²) in [5.41, 5.74) is 6.26. The molecule has 0 aliphatic heterocycles. The number of benzene rings is 2. The molecule has 2 aromatic rings. The first kappa shape index (κ1) is 15.1. The molecule has 0 aliphatic carbocycles. The van der Waals surface area contributed by atoms with Gasteiger partial charge in [-0.15, -0.1) is 0 Å². The lowest BCUT2D eigenvalue weighted by molar-refractivity contribution is 0.178. The molecule has 0 heterocycles. The molecule has 0 fully saturated rings. The van der Waals surface area contributed by atoms with E-state index in [1.807, 2.05) is 49.4 Å². The van der Waals surface area contributed by atoms with Gasteiger partial charge in [0.2, 0.25) is 0 Å². The normalized spacial score (nSPS) is 10.9. The number of rotatable bonds is 4. The Balaban J connectivity index is 1.83. The van der Waals surface area contributed by atoms with E-state index in [0.717, 1.165) is 10.0 Å². The molecule has 0 aromatic heterocycles. The van der Waals surface area contributed by atoms with E-state index in [0.29, 0.717) is 11.5 Å². The number of carbonyl (C=O) groups excluding carboxylic acids is 1. The minimum atomic E-state index is -0.548. The number of hydrogen-bond acceptors (Lipinski definition) is 3. The quantitative estimate of drug-likeness (QED) is 0.657. The number of halogens is 1. The average molecular weight is 348 g/mol.